The van der Waals surface area contributed by atoms with E-state index in [4.69, 9.17) is 10.5 Å². The molecule has 78 valence electrons. The molecule has 1 aromatic carbocycles. The highest BCUT2D eigenvalue weighted by atomic mass is 19.1. The fourth-order valence-corrected chi connectivity index (χ4v) is 1.05. The first-order valence-corrected chi connectivity index (χ1v) is 4.81. The molecule has 0 saturated carbocycles. The Morgan fingerprint density at radius 2 is 2.29 bits per heavy atom. The first-order valence-electron chi connectivity index (χ1n) is 4.81. The van der Waals surface area contributed by atoms with Crippen molar-refractivity contribution in [3.63, 3.8) is 0 Å². The van der Waals surface area contributed by atoms with Gasteiger partial charge >= 0.3 is 0 Å². The lowest BCUT2D eigenvalue weighted by Crippen LogP contribution is -2.13. The normalized spacial score (nSPS) is 12.5. The van der Waals surface area contributed by atoms with Gasteiger partial charge < -0.3 is 10.5 Å². The Morgan fingerprint density at radius 3 is 2.93 bits per heavy atom. The fourth-order valence-electron chi connectivity index (χ4n) is 1.05. The molecular weight excluding hydrogens is 181 g/mol. The van der Waals surface area contributed by atoms with E-state index in [9.17, 15) is 4.39 Å². The maximum atomic E-state index is 12.7. The summed E-state index contributed by atoms with van der Waals surface area (Å²) in [5.74, 6) is 0.757. The molecule has 1 rings (SSSR count). The lowest BCUT2D eigenvalue weighted by Gasteiger charge is -2.09. The van der Waals surface area contributed by atoms with Gasteiger partial charge in [0, 0.05) is 6.07 Å². The predicted octanol–water partition coefficient (Wildman–Crippen LogP) is 2.19. The summed E-state index contributed by atoms with van der Waals surface area (Å²) in [5.41, 5.74) is 5.46. The van der Waals surface area contributed by atoms with Crippen LogP contribution < -0.4 is 10.5 Å². The predicted molar refractivity (Wildman–Crippen MR) is 54.7 cm³/mol. The Morgan fingerprint density at radius 1 is 1.50 bits per heavy atom. The summed E-state index contributed by atoms with van der Waals surface area (Å²) in [4.78, 5) is 0. The molecule has 0 aliphatic carbocycles. The first-order chi connectivity index (χ1) is 6.72. The van der Waals surface area contributed by atoms with Gasteiger partial charge in [-0.05, 0) is 31.0 Å². The van der Waals surface area contributed by atoms with Gasteiger partial charge in [-0.3, -0.25) is 0 Å². The molecule has 2 nitrogen and oxygen atoms in total. The van der Waals surface area contributed by atoms with Crippen molar-refractivity contribution in [3.8, 4) is 5.75 Å². The fraction of sp³-hybridized carbons (Fsp3) is 0.455. The molecule has 3 heteroatoms. The molecule has 0 amide bonds. The number of rotatable bonds is 5. The van der Waals surface area contributed by atoms with Crippen molar-refractivity contribution in [1.29, 1.82) is 0 Å². The lowest BCUT2D eigenvalue weighted by molar-refractivity contribution is 0.284. The van der Waals surface area contributed by atoms with E-state index in [0.29, 0.717) is 24.8 Å². The van der Waals surface area contributed by atoms with Crippen molar-refractivity contribution < 1.29 is 9.13 Å². The lowest BCUT2D eigenvalue weighted by atomic mass is 10.1. The second-order valence-corrected chi connectivity index (χ2v) is 3.44. The molecular formula is C11H16FNO. The number of ether oxygens (including phenoxy) is 1. The molecule has 0 radical (unpaired) electrons. The van der Waals surface area contributed by atoms with Crippen LogP contribution in [0.4, 0.5) is 4.39 Å². The van der Waals surface area contributed by atoms with Gasteiger partial charge in [0.2, 0.25) is 0 Å². The van der Waals surface area contributed by atoms with Crippen molar-refractivity contribution in [2.24, 2.45) is 11.7 Å². The van der Waals surface area contributed by atoms with Crippen molar-refractivity contribution in [1.82, 2.24) is 0 Å². The second-order valence-electron chi connectivity index (χ2n) is 3.44. The van der Waals surface area contributed by atoms with Gasteiger partial charge in [0.05, 0.1) is 6.61 Å². The first kappa shape index (κ1) is 11.0. The average molecular weight is 197 g/mol. The number of hydrogen-bond acceptors (Lipinski definition) is 2. The molecule has 2 N–H and O–H groups in total. The molecule has 1 aromatic rings. The van der Waals surface area contributed by atoms with Crippen LogP contribution in [0.3, 0.4) is 0 Å². The minimum Gasteiger partial charge on any atom is -0.493 e. The molecule has 14 heavy (non-hydrogen) atoms. The highest BCUT2D eigenvalue weighted by molar-refractivity contribution is 5.22. The van der Waals surface area contributed by atoms with Crippen molar-refractivity contribution in [2.75, 3.05) is 13.2 Å². The number of hydrogen-bond donors (Lipinski definition) is 1. The second kappa shape index (κ2) is 5.60. The standard InChI is InChI=1S/C11H16FNO/c1-9(8-13)5-6-14-11-4-2-3-10(12)7-11/h2-4,7,9H,5-6,8,13H2,1H3. The topological polar surface area (TPSA) is 35.2 Å². The molecule has 0 aliphatic heterocycles. The summed E-state index contributed by atoms with van der Waals surface area (Å²) < 4.78 is 18.1. The van der Waals surface area contributed by atoms with Crippen LogP contribution in [0.5, 0.6) is 5.75 Å². The van der Waals surface area contributed by atoms with Crippen LogP contribution in [0.25, 0.3) is 0 Å². The third-order valence-electron chi connectivity index (χ3n) is 2.08. The van der Waals surface area contributed by atoms with Crippen LogP contribution in [-0.4, -0.2) is 13.2 Å². The molecule has 0 heterocycles. The molecule has 0 saturated heterocycles. The highest BCUT2D eigenvalue weighted by Gasteiger charge is 2.00. The van der Waals surface area contributed by atoms with E-state index in [1.54, 1.807) is 12.1 Å². The summed E-state index contributed by atoms with van der Waals surface area (Å²) in [7, 11) is 0. The zero-order chi connectivity index (χ0) is 10.4. The average Bonchev–Trinajstić information content (AvgIpc) is 2.17. The van der Waals surface area contributed by atoms with Gasteiger partial charge in [-0.25, -0.2) is 4.39 Å². The molecule has 0 aromatic heterocycles. The van der Waals surface area contributed by atoms with Gasteiger partial charge in [0.15, 0.2) is 0 Å². The van der Waals surface area contributed by atoms with Gasteiger partial charge in [-0.15, -0.1) is 0 Å². The minimum absolute atomic E-state index is 0.269. The Kier molecular flexibility index (Phi) is 4.40. The third-order valence-corrected chi connectivity index (χ3v) is 2.08. The quantitative estimate of drug-likeness (QED) is 0.785. The molecule has 1 unspecified atom stereocenters. The third kappa shape index (κ3) is 3.75. The van der Waals surface area contributed by atoms with Crippen LogP contribution in [-0.2, 0) is 0 Å². The summed E-state index contributed by atoms with van der Waals surface area (Å²) in [6.07, 6.45) is 0.896. The summed E-state index contributed by atoms with van der Waals surface area (Å²) in [6, 6.07) is 6.16. The highest BCUT2D eigenvalue weighted by Crippen LogP contribution is 2.12. The van der Waals surface area contributed by atoms with E-state index in [0.717, 1.165) is 6.42 Å². The largest absolute Gasteiger partial charge is 0.493 e. The van der Waals surface area contributed by atoms with Crippen LogP contribution in [0.15, 0.2) is 24.3 Å². The molecule has 0 spiro atoms. The Labute approximate surface area is 83.9 Å². The molecule has 0 aliphatic rings. The maximum Gasteiger partial charge on any atom is 0.126 e. The summed E-state index contributed by atoms with van der Waals surface area (Å²) in [5, 5.41) is 0. The van der Waals surface area contributed by atoms with Crippen molar-refractivity contribution in [3.05, 3.63) is 30.1 Å². The van der Waals surface area contributed by atoms with Gasteiger partial charge in [-0.2, -0.15) is 0 Å². The summed E-state index contributed by atoms with van der Waals surface area (Å²) >= 11 is 0. The molecule has 1 atom stereocenters. The number of halogens is 1. The van der Waals surface area contributed by atoms with Crippen LogP contribution >= 0.6 is 0 Å². The maximum absolute atomic E-state index is 12.7. The Balaban J connectivity index is 2.31. The smallest absolute Gasteiger partial charge is 0.126 e. The zero-order valence-corrected chi connectivity index (χ0v) is 8.37. The van der Waals surface area contributed by atoms with E-state index in [1.807, 2.05) is 0 Å². The Hall–Kier alpha value is -1.09. The van der Waals surface area contributed by atoms with Crippen molar-refractivity contribution in [2.45, 2.75) is 13.3 Å². The van der Waals surface area contributed by atoms with Gasteiger partial charge in [0.25, 0.3) is 0 Å². The van der Waals surface area contributed by atoms with E-state index in [2.05, 4.69) is 6.92 Å². The zero-order valence-electron chi connectivity index (χ0n) is 8.37. The van der Waals surface area contributed by atoms with Crippen LogP contribution in [0.2, 0.25) is 0 Å². The van der Waals surface area contributed by atoms with E-state index >= 15 is 0 Å². The van der Waals surface area contributed by atoms with Crippen molar-refractivity contribution >= 4 is 0 Å². The van der Waals surface area contributed by atoms with Crippen LogP contribution in [0, 0.1) is 11.7 Å². The van der Waals surface area contributed by atoms with E-state index < -0.39 is 0 Å². The number of nitrogens with two attached hydrogens (primary N) is 1. The Bertz CT molecular complexity index is 278. The molecule has 0 fully saturated rings. The SMILES string of the molecule is CC(CN)CCOc1cccc(F)c1. The monoisotopic (exact) mass is 197 g/mol. The number of benzene rings is 1. The molecule has 0 bridgehead atoms. The van der Waals surface area contributed by atoms with Gasteiger partial charge in [-0.1, -0.05) is 13.0 Å². The van der Waals surface area contributed by atoms with Gasteiger partial charge in [0.1, 0.15) is 11.6 Å². The summed E-state index contributed by atoms with van der Waals surface area (Å²) in [6.45, 7) is 3.31. The van der Waals surface area contributed by atoms with E-state index in [-0.39, 0.29) is 5.82 Å². The van der Waals surface area contributed by atoms with E-state index in [1.165, 1.54) is 12.1 Å². The van der Waals surface area contributed by atoms with Crippen LogP contribution in [0.1, 0.15) is 13.3 Å². The minimum atomic E-state index is -0.269.